The van der Waals surface area contributed by atoms with Crippen LogP contribution in [0.15, 0.2) is 70.9 Å². The van der Waals surface area contributed by atoms with E-state index in [-0.39, 0.29) is 23.4 Å². The molecule has 0 atom stereocenters. The van der Waals surface area contributed by atoms with Gasteiger partial charge in [-0.25, -0.2) is 13.7 Å². The third kappa shape index (κ3) is 5.61. The van der Waals surface area contributed by atoms with Gasteiger partial charge in [0.15, 0.2) is 11.4 Å². The lowest BCUT2D eigenvalue weighted by Gasteiger charge is -2.29. The number of allylic oxidation sites excluding steroid dienone is 1. The molecule has 0 saturated heterocycles. The minimum absolute atomic E-state index is 0.0420. The zero-order valence-corrected chi connectivity index (χ0v) is 19.8. The van der Waals surface area contributed by atoms with Crippen LogP contribution in [0.2, 0.25) is 0 Å². The van der Waals surface area contributed by atoms with Gasteiger partial charge >= 0.3 is 11.9 Å². The Labute approximate surface area is 198 Å². The number of amides is 1. The number of carbonyl (C=O) groups excluding carboxylic acids is 1. The molecule has 2 aromatic carbocycles. The topological polar surface area (TPSA) is 76.7 Å². The third-order valence-electron chi connectivity index (χ3n) is 5.74. The van der Waals surface area contributed by atoms with Gasteiger partial charge in [-0.2, -0.15) is 0 Å². The van der Waals surface area contributed by atoms with E-state index in [4.69, 9.17) is 14.3 Å². The molecule has 1 aromatic heterocycles. The van der Waals surface area contributed by atoms with Crippen molar-refractivity contribution in [2.24, 2.45) is 0 Å². The molecule has 178 valence electrons. The van der Waals surface area contributed by atoms with Gasteiger partial charge in [0.25, 0.3) is 0 Å². The van der Waals surface area contributed by atoms with Gasteiger partial charge in [0.1, 0.15) is 18.2 Å². The molecule has 3 rings (SSSR count). The average molecular weight is 467 g/mol. The Morgan fingerprint density at radius 2 is 1.79 bits per heavy atom. The molecule has 0 aliphatic rings. The first-order valence-electron chi connectivity index (χ1n) is 10.9. The molecule has 1 heterocycles. The van der Waals surface area contributed by atoms with E-state index in [2.05, 4.69) is 0 Å². The summed E-state index contributed by atoms with van der Waals surface area (Å²) in [6.07, 6.45) is 3.84. The monoisotopic (exact) mass is 466 g/mol. The van der Waals surface area contributed by atoms with Crippen LogP contribution in [0, 0.1) is 12.7 Å². The SMILES string of the molecule is C/C(=C\COc1ccc(F)c(C)c1[N+](C)(C)C(=O)c1ccc(-c2ccco2)cc1)CCC(=O)O. The van der Waals surface area contributed by atoms with E-state index in [1.807, 2.05) is 25.1 Å². The molecule has 3 aromatic rings. The third-order valence-corrected chi connectivity index (χ3v) is 5.74. The number of benzene rings is 2. The van der Waals surface area contributed by atoms with Gasteiger partial charge in [-0.05, 0) is 62.7 Å². The molecule has 1 amide bonds. The summed E-state index contributed by atoms with van der Waals surface area (Å²) in [5, 5.41) is 8.82. The number of halogens is 1. The standard InChI is InChI=1S/C27H28FNO5/c1-18(7-14-25(30)31)15-17-34-24-13-12-22(28)19(2)26(24)29(3,4)27(32)21-10-8-20(9-11-21)23-6-5-16-33-23/h5-6,8-13,15-16H,7,14,17H2,1-4H3/p+1/b18-15+. The highest BCUT2D eigenvalue weighted by molar-refractivity contribution is 6.03. The molecule has 34 heavy (non-hydrogen) atoms. The first-order chi connectivity index (χ1) is 16.1. The van der Waals surface area contributed by atoms with Crippen LogP contribution < -0.4 is 9.22 Å². The van der Waals surface area contributed by atoms with Gasteiger partial charge < -0.3 is 14.3 Å². The van der Waals surface area contributed by atoms with Crippen LogP contribution in [0.5, 0.6) is 5.75 Å². The van der Waals surface area contributed by atoms with E-state index in [1.165, 1.54) is 12.1 Å². The van der Waals surface area contributed by atoms with E-state index in [0.717, 1.165) is 11.1 Å². The lowest BCUT2D eigenvalue weighted by molar-refractivity contribution is -0.136. The van der Waals surface area contributed by atoms with Gasteiger partial charge in [0.2, 0.25) is 0 Å². The van der Waals surface area contributed by atoms with Crippen LogP contribution >= 0.6 is 0 Å². The maximum absolute atomic E-state index is 14.5. The molecule has 0 unspecified atom stereocenters. The Bertz CT molecular complexity index is 1190. The number of aliphatic carboxylic acids is 1. The molecule has 0 fully saturated rings. The molecule has 7 heteroatoms. The van der Waals surface area contributed by atoms with Crippen LogP contribution in [-0.2, 0) is 4.79 Å². The van der Waals surface area contributed by atoms with Crippen molar-refractivity contribution in [2.75, 3.05) is 20.7 Å². The van der Waals surface area contributed by atoms with Crippen molar-refractivity contribution in [2.45, 2.75) is 26.7 Å². The molecular weight excluding hydrogens is 437 g/mol. The number of ether oxygens (including phenoxy) is 1. The maximum atomic E-state index is 14.5. The van der Waals surface area contributed by atoms with Crippen LogP contribution in [0.3, 0.4) is 0 Å². The first-order valence-corrected chi connectivity index (χ1v) is 10.9. The second-order valence-corrected chi connectivity index (χ2v) is 8.59. The van der Waals surface area contributed by atoms with Gasteiger partial charge in [-0.3, -0.25) is 4.79 Å². The highest BCUT2D eigenvalue weighted by atomic mass is 19.1. The number of hydrogen-bond acceptors (Lipinski definition) is 4. The number of carboxylic acid groups (broad SMARTS) is 1. The van der Waals surface area contributed by atoms with Crippen molar-refractivity contribution in [3.05, 3.63) is 83.4 Å². The summed E-state index contributed by atoms with van der Waals surface area (Å²) in [7, 11) is 3.40. The number of nitrogens with zero attached hydrogens (tertiary/aromatic N) is 1. The van der Waals surface area contributed by atoms with E-state index < -0.39 is 11.8 Å². The zero-order valence-electron chi connectivity index (χ0n) is 19.8. The molecule has 1 N–H and O–H groups in total. The van der Waals surface area contributed by atoms with Gasteiger partial charge in [-0.15, -0.1) is 0 Å². The Morgan fingerprint density at radius 3 is 2.41 bits per heavy atom. The fraction of sp³-hybridized carbons (Fsp3) is 0.259. The van der Waals surface area contributed by atoms with E-state index in [1.54, 1.807) is 51.6 Å². The van der Waals surface area contributed by atoms with Crippen molar-refractivity contribution in [1.29, 1.82) is 0 Å². The van der Waals surface area contributed by atoms with Gasteiger partial charge in [-0.1, -0.05) is 17.7 Å². The van der Waals surface area contributed by atoms with E-state index in [0.29, 0.717) is 34.7 Å². The summed E-state index contributed by atoms with van der Waals surface area (Å²) in [6, 6.07) is 13.6. The quantitative estimate of drug-likeness (QED) is 0.310. The lowest BCUT2D eigenvalue weighted by Crippen LogP contribution is -2.47. The fourth-order valence-corrected chi connectivity index (χ4v) is 3.79. The normalized spacial score (nSPS) is 12.0. The number of quaternary nitrogens is 1. The van der Waals surface area contributed by atoms with Crippen LogP contribution in [0.4, 0.5) is 10.1 Å². The number of rotatable bonds is 9. The second-order valence-electron chi connectivity index (χ2n) is 8.59. The van der Waals surface area contributed by atoms with Gasteiger partial charge in [0.05, 0.1) is 31.5 Å². The summed E-state index contributed by atoms with van der Waals surface area (Å²) >= 11 is 0. The highest BCUT2D eigenvalue weighted by Gasteiger charge is 2.36. The summed E-state index contributed by atoms with van der Waals surface area (Å²) in [4.78, 5) is 24.3. The average Bonchev–Trinajstić information content (AvgIpc) is 3.34. The second kappa shape index (κ2) is 10.5. The predicted octanol–water partition coefficient (Wildman–Crippen LogP) is 5.99. The predicted molar refractivity (Wildman–Crippen MR) is 129 cm³/mol. The molecule has 0 saturated carbocycles. The smallest absolute Gasteiger partial charge is 0.350 e. The molecular formula is C27H29FNO5+. The number of furan rings is 1. The highest BCUT2D eigenvalue weighted by Crippen LogP contribution is 2.38. The number of hydrogen-bond donors (Lipinski definition) is 1. The zero-order chi connectivity index (χ0) is 24.9. The Morgan fingerprint density at radius 1 is 1.09 bits per heavy atom. The van der Waals surface area contributed by atoms with E-state index >= 15 is 0 Å². The Hall–Kier alpha value is -3.71. The summed E-state index contributed by atoms with van der Waals surface area (Å²) in [5.41, 5.74) is 2.96. The largest absolute Gasteiger partial charge is 0.483 e. The molecule has 0 spiro atoms. The van der Waals surface area contributed by atoms with Crippen LogP contribution in [-0.4, -0.2) is 37.7 Å². The van der Waals surface area contributed by atoms with Crippen molar-refractivity contribution < 1.29 is 28.2 Å². The molecule has 0 radical (unpaired) electrons. The first kappa shape index (κ1) is 24.9. The van der Waals surface area contributed by atoms with Crippen molar-refractivity contribution >= 4 is 17.6 Å². The molecule has 0 aliphatic carbocycles. The van der Waals surface area contributed by atoms with Crippen molar-refractivity contribution in [1.82, 2.24) is 4.48 Å². The lowest BCUT2D eigenvalue weighted by atomic mass is 10.1. The van der Waals surface area contributed by atoms with Crippen molar-refractivity contribution in [3.8, 4) is 17.1 Å². The summed E-state index contributed by atoms with van der Waals surface area (Å²) in [5.74, 6) is -0.414. The van der Waals surface area contributed by atoms with Crippen LogP contribution in [0.1, 0.15) is 35.7 Å². The summed E-state index contributed by atoms with van der Waals surface area (Å²) in [6.45, 7) is 3.63. The number of carboxylic acids is 1. The van der Waals surface area contributed by atoms with Crippen LogP contribution in [0.25, 0.3) is 11.3 Å². The minimum atomic E-state index is -0.861. The maximum Gasteiger partial charge on any atom is 0.350 e. The fourth-order valence-electron chi connectivity index (χ4n) is 3.79. The minimum Gasteiger partial charge on any atom is -0.483 e. The Balaban J connectivity index is 1.86. The Kier molecular flexibility index (Phi) is 7.68. The molecule has 6 nitrogen and oxygen atoms in total. The molecule has 0 bridgehead atoms. The van der Waals surface area contributed by atoms with E-state index in [9.17, 15) is 14.0 Å². The van der Waals surface area contributed by atoms with Gasteiger partial charge in [0, 0.05) is 12.0 Å². The summed E-state index contributed by atoms with van der Waals surface area (Å²) < 4.78 is 25.6. The number of carbonyl (C=O) groups is 2. The van der Waals surface area contributed by atoms with Crippen molar-refractivity contribution in [3.63, 3.8) is 0 Å². The molecule has 0 aliphatic heterocycles.